The summed E-state index contributed by atoms with van der Waals surface area (Å²) in [6.07, 6.45) is 5.29. The number of thiazole rings is 1. The van der Waals surface area contributed by atoms with Gasteiger partial charge in [0.1, 0.15) is 17.8 Å². The number of aromatic nitrogens is 5. The van der Waals surface area contributed by atoms with Gasteiger partial charge in [0.2, 0.25) is 4.96 Å². The zero-order valence-corrected chi connectivity index (χ0v) is 18.7. The lowest BCUT2D eigenvalue weighted by atomic mass is 10.0. The van der Waals surface area contributed by atoms with Crippen molar-refractivity contribution in [3.8, 4) is 22.7 Å². The van der Waals surface area contributed by atoms with Gasteiger partial charge in [-0.05, 0) is 62.7 Å². The molecule has 0 unspecified atom stereocenters. The van der Waals surface area contributed by atoms with E-state index in [-0.39, 0.29) is 11.7 Å². The summed E-state index contributed by atoms with van der Waals surface area (Å²) in [5.74, 6) is 0.851. The maximum Gasteiger partial charge on any atom is 0.291 e. The molecule has 0 saturated carbocycles. The van der Waals surface area contributed by atoms with Gasteiger partial charge in [-0.25, -0.2) is 9.67 Å². The highest BCUT2D eigenvalue weighted by molar-refractivity contribution is 7.15. The second kappa shape index (κ2) is 8.05. The van der Waals surface area contributed by atoms with Crippen molar-refractivity contribution in [3.05, 3.63) is 87.1 Å². The van der Waals surface area contributed by atoms with Crippen molar-refractivity contribution in [2.75, 3.05) is 0 Å². The van der Waals surface area contributed by atoms with E-state index in [1.807, 2.05) is 80.2 Å². The van der Waals surface area contributed by atoms with E-state index in [4.69, 9.17) is 9.84 Å². The normalized spacial score (nSPS) is 12.2. The molecule has 32 heavy (non-hydrogen) atoms. The lowest BCUT2D eigenvalue weighted by molar-refractivity contribution is 0.241. The SMILES string of the molecule is Cc1cc(-c2nn(-c3ccccc3)cc2/C=c2\sc3ncnn3c2=O)ccc1OC(C)C. The summed E-state index contributed by atoms with van der Waals surface area (Å²) >= 11 is 1.31. The zero-order chi connectivity index (χ0) is 22.2. The molecule has 0 saturated heterocycles. The van der Waals surface area contributed by atoms with E-state index in [2.05, 4.69) is 16.1 Å². The third-order valence-electron chi connectivity index (χ3n) is 4.98. The molecule has 0 aliphatic heterocycles. The molecule has 0 radical (unpaired) electrons. The Kier molecular flexibility index (Phi) is 5.07. The summed E-state index contributed by atoms with van der Waals surface area (Å²) in [4.78, 5) is 17.4. The van der Waals surface area contributed by atoms with Crippen LogP contribution < -0.4 is 14.8 Å². The molecule has 0 N–H and O–H groups in total. The van der Waals surface area contributed by atoms with E-state index in [0.717, 1.165) is 33.8 Å². The molecule has 3 heterocycles. The molecule has 7 nitrogen and oxygen atoms in total. The molecule has 8 heteroatoms. The number of benzene rings is 2. The average Bonchev–Trinajstić information content (AvgIpc) is 3.48. The summed E-state index contributed by atoms with van der Waals surface area (Å²) in [6.45, 7) is 6.04. The smallest absolute Gasteiger partial charge is 0.291 e. The molecular weight excluding hydrogens is 422 g/mol. The first-order valence-corrected chi connectivity index (χ1v) is 11.1. The second-order valence-corrected chi connectivity index (χ2v) is 8.74. The molecule has 0 spiro atoms. The van der Waals surface area contributed by atoms with Crippen molar-refractivity contribution in [2.24, 2.45) is 0 Å². The van der Waals surface area contributed by atoms with Crippen LogP contribution in [0, 0.1) is 6.92 Å². The van der Waals surface area contributed by atoms with Gasteiger partial charge in [-0.3, -0.25) is 4.79 Å². The molecule has 0 aliphatic carbocycles. The molecule has 0 bridgehead atoms. The first-order chi connectivity index (χ1) is 15.5. The maximum atomic E-state index is 12.7. The molecule has 5 rings (SSSR count). The first-order valence-electron chi connectivity index (χ1n) is 10.3. The Balaban J connectivity index is 1.68. The van der Waals surface area contributed by atoms with Gasteiger partial charge in [0, 0.05) is 17.3 Å². The van der Waals surface area contributed by atoms with Crippen LogP contribution in [0.4, 0.5) is 0 Å². The van der Waals surface area contributed by atoms with E-state index in [1.165, 1.54) is 22.2 Å². The number of hydrogen-bond donors (Lipinski definition) is 0. The van der Waals surface area contributed by atoms with Crippen molar-refractivity contribution in [1.82, 2.24) is 24.4 Å². The third kappa shape index (κ3) is 3.69. The summed E-state index contributed by atoms with van der Waals surface area (Å²) < 4.78 is 9.60. The van der Waals surface area contributed by atoms with Gasteiger partial charge in [-0.1, -0.05) is 29.5 Å². The first kappa shape index (κ1) is 20.1. The van der Waals surface area contributed by atoms with Gasteiger partial charge in [-0.2, -0.15) is 14.7 Å². The standard InChI is InChI=1S/C24H21N5O2S/c1-15(2)31-20-10-9-17(11-16(20)3)22-18(13-28(27-22)19-7-5-4-6-8-19)12-21-23(30)29-24(32-21)25-14-26-29/h4-15H,1-3H3/b21-12-. The number of fused-ring (bicyclic) bond motifs is 1. The van der Waals surface area contributed by atoms with Gasteiger partial charge < -0.3 is 4.74 Å². The molecule has 0 amide bonds. The molecule has 2 aromatic carbocycles. The van der Waals surface area contributed by atoms with Gasteiger partial charge in [0.15, 0.2) is 0 Å². The second-order valence-electron chi connectivity index (χ2n) is 7.73. The highest BCUT2D eigenvalue weighted by atomic mass is 32.1. The monoisotopic (exact) mass is 443 g/mol. The fraction of sp³-hybridized carbons (Fsp3) is 0.167. The van der Waals surface area contributed by atoms with E-state index in [9.17, 15) is 4.79 Å². The van der Waals surface area contributed by atoms with E-state index < -0.39 is 0 Å². The van der Waals surface area contributed by atoms with E-state index in [1.54, 1.807) is 0 Å². The Bertz CT molecular complexity index is 1520. The third-order valence-corrected chi connectivity index (χ3v) is 5.96. The number of rotatable bonds is 5. The maximum absolute atomic E-state index is 12.7. The van der Waals surface area contributed by atoms with Crippen LogP contribution in [-0.4, -0.2) is 30.5 Å². The van der Waals surface area contributed by atoms with E-state index >= 15 is 0 Å². The predicted molar refractivity (Wildman–Crippen MR) is 125 cm³/mol. The van der Waals surface area contributed by atoms with Crippen molar-refractivity contribution in [3.63, 3.8) is 0 Å². The molecule has 3 aromatic heterocycles. The van der Waals surface area contributed by atoms with Crippen molar-refractivity contribution >= 4 is 22.4 Å². The van der Waals surface area contributed by atoms with Crippen LogP contribution in [0.3, 0.4) is 0 Å². The van der Waals surface area contributed by atoms with Crippen molar-refractivity contribution < 1.29 is 4.74 Å². The highest BCUT2D eigenvalue weighted by Gasteiger charge is 2.14. The Morgan fingerprint density at radius 1 is 1.12 bits per heavy atom. The summed E-state index contributed by atoms with van der Waals surface area (Å²) in [6, 6.07) is 15.9. The number of aryl methyl sites for hydroxylation is 1. The number of ether oxygens (including phenoxy) is 1. The van der Waals surface area contributed by atoms with Gasteiger partial charge in [0.05, 0.1) is 16.3 Å². The van der Waals surface area contributed by atoms with Crippen LogP contribution in [0.2, 0.25) is 0 Å². The van der Waals surface area contributed by atoms with Crippen molar-refractivity contribution in [2.45, 2.75) is 26.9 Å². The summed E-state index contributed by atoms with van der Waals surface area (Å²) in [7, 11) is 0. The number of para-hydroxylation sites is 1. The molecule has 0 aliphatic rings. The minimum atomic E-state index is -0.183. The predicted octanol–water partition coefficient (Wildman–Crippen LogP) is 3.65. The Hall–Kier alpha value is -3.78. The van der Waals surface area contributed by atoms with Gasteiger partial charge in [0.25, 0.3) is 5.56 Å². The topological polar surface area (TPSA) is 74.3 Å². The minimum Gasteiger partial charge on any atom is -0.491 e. The van der Waals surface area contributed by atoms with Crippen LogP contribution in [-0.2, 0) is 0 Å². The fourth-order valence-electron chi connectivity index (χ4n) is 3.53. The number of nitrogens with zero attached hydrogens (tertiary/aromatic N) is 5. The fourth-order valence-corrected chi connectivity index (χ4v) is 4.40. The van der Waals surface area contributed by atoms with Crippen LogP contribution >= 0.6 is 11.3 Å². The Morgan fingerprint density at radius 3 is 2.66 bits per heavy atom. The molecule has 5 aromatic rings. The Morgan fingerprint density at radius 2 is 1.94 bits per heavy atom. The lowest BCUT2D eigenvalue weighted by Gasteiger charge is -2.13. The van der Waals surface area contributed by atoms with Crippen LogP contribution in [0.5, 0.6) is 5.75 Å². The van der Waals surface area contributed by atoms with Gasteiger partial charge in [-0.15, -0.1) is 0 Å². The average molecular weight is 444 g/mol. The molecule has 0 atom stereocenters. The van der Waals surface area contributed by atoms with Crippen LogP contribution in [0.1, 0.15) is 25.0 Å². The summed E-state index contributed by atoms with van der Waals surface area (Å²) in [5.41, 5.74) is 4.36. The summed E-state index contributed by atoms with van der Waals surface area (Å²) in [5, 5.41) is 8.87. The quantitative estimate of drug-likeness (QED) is 0.415. The van der Waals surface area contributed by atoms with E-state index in [0.29, 0.717) is 9.49 Å². The van der Waals surface area contributed by atoms with Crippen LogP contribution in [0.25, 0.3) is 28.0 Å². The van der Waals surface area contributed by atoms with Crippen LogP contribution in [0.15, 0.2) is 65.8 Å². The van der Waals surface area contributed by atoms with Gasteiger partial charge >= 0.3 is 0 Å². The lowest BCUT2D eigenvalue weighted by Crippen LogP contribution is -2.23. The number of hydrogen-bond acceptors (Lipinski definition) is 6. The molecule has 0 fully saturated rings. The molecular formula is C24H21N5O2S. The zero-order valence-electron chi connectivity index (χ0n) is 17.9. The largest absolute Gasteiger partial charge is 0.491 e. The van der Waals surface area contributed by atoms with Crippen molar-refractivity contribution in [1.29, 1.82) is 0 Å². The molecule has 160 valence electrons. The minimum absolute atomic E-state index is 0.0996. The highest BCUT2D eigenvalue weighted by Crippen LogP contribution is 2.29. The Labute approximate surface area is 188 Å².